The summed E-state index contributed by atoms with van der Waals surface area (Å²) in [6, 6.07) is 12.8. The van der Waals surface area contributed by atoms with Crippen molar-refractivity contribution in [1.29, 1.82) is 0 Å². The number of hydrogen-bond acceptors (Lipinski definition) is 8. The van der Waals surface area contributed by atoms with Gasteiger partial charge in [0, 0.05) is 25.1 Å². The number of nitrogens with zero attached hydrogens (tertiary/aromatic N) is 3. The molecule has 0 aliphatic carbocycles. The third-order valence-electron chi connectivity index (χ3n) is 7.92. The van der Waals surface area contributed by atoms with E-state index in [4.69, 9.17) is 24.1 Å². The van der Waals surface area contributed by atoms with Crippen LogP contribution in [0.5, 0.6) is 23.0 Å². The van der Waals surface area contributed by atoms with Gasteiger partial charge in [0.05, 0.1) is 31.7 Å². The van der Waals surface area contributed by atoms with Crippen molar-refractivity contribution in [1.82, 2.24) is 9.97 Å². The van der Waals surface area contributed by atoms with E-state index in [0.717, 1.165) is 34.4 Å². The van der Waals surface area contributed by atoms with E-state index in [1.807, 2.05) is 30.3 Å². The molecule has 2 heterocycles. The summed E-state index contributed by atoms with van der Waals surface area (Å²) in [6.45, 7) is 3.92. The van der Waals surface area contributed by atoms with Gasteiger partial charge in [-0.3, -0.25) is 4.79 Å². The Morgan fingerprint density at radius 2 is 1.65 bits per heavy atom. The first kappa shape index (κ1) is 35.2. The smallest absolute Gasteiger partial charge is 0.416 e. The Morgan fingerprint density at radius 1 is 0.959 bits per heavy atom. The highest BCUT2D eigenvalue weighted by atomic mass is 19.4. The molecule has 4 aromatic rings. The Kier molecular flexibility index (Phi) is 11.1. The number of rotatable bonds is 14. The summed E-state index contributed by atoms with van der Waals surface area (Å²) in [7, 11) is 1.58. The zero-order valence-electron chi connectivity index (χ0n) is 27.3. The molecule has 0 atom stereocenters. The van der Waals surface area contributed by atoms with E-state index < -0.39 is 24.4 Å². The van der Waals surface area contributed by atoms with Crippen LogP contribution in [0.2, 0.25) is 0 Å². The van der Waals surface area contributed by atoms with Crippen molar-refractivity contribution in [2.24, 2.45) is 0 Å². The van der Waals surface area contributed by atoms with Gasteiger partial charge in [0.1, 0.15) is 25.6 Å². The molecule has 0 saturated carbocycles. The zero-order valence-corrected chi connectivity index (χ0v) is 27.3. The SMILES string of the molecule is COc1ccc(C(C)C)cc1-c1cc2c(cc1CN(Cc1cc(CF)cc(C(F)(F)F)c1)c1ncc(OCCCC(=O)O)cn1)OCCO2. The molecule has 260 valence electrons. The highest BCUT2D eigenvalue weighted by molar-refractivity contribution is 5.77. The third kappa shape index (κ3) is 8.89. The maximum atomic E-state index is 13.8. The lowest BCUT2D eigenvalue weighted by atomic mass is 9.93. The van der Waals surface area contributed by atoms with Gasteiger partial charge in [-0.25, -0.2) is 14.4 Å². The summed E-state index contributed by atoms with van der Waals surface area (Å²) in [5.74, 6) is 1.39. The predicted octanol–water partition coefficient (Wildman–Crippen LogP) is 7.99. The largest absolute Gasteiger partial charge is 0.496 e. The molecule has 0 fully saturated rings. The number of benzene rings is 3. The second-order valence-electron chi connectivity index (χ2n) is 11.9. The molecule has 3 aromatic carbocycles. The fourth-order valence-corrected chi connectivity index (χ4v) is 5.49. The number of aromatic nitrogens is 2. The van der Waals surface area contributed by atoms with E-state index in [-0.39, 0.29) is 55.5 Å². The monoisotopic (exact) mass is 683 g/mol. The van der Waals surface area contributed by atoms with Crippen LogP contribution in [-0.2, 0) is 30.7 Å². The highest BCUT2D eigenvalue weighted by Crippen LogP contribution is 2.42. The number of anilines is 1. The van der Waals surface area contributed by atoms with Crippen LogP contribution in [-0.4, -0.2) is 48.0 Å². The second kappa shape index (κ2) is 15.4. The van der Waals surface area contributed by atoms with Crippen molar-refractivity contribution in [2.45, 2.75) is 58.5 Å². The fraction of sp³-hybridized carbons (Fsp3) is 0.361. The number of ether oxygens (including phenoxy) is 4. The van der Waals surface area contributed by atoms with Crippen molar-refractivity contribution in [2.75, 3.05) is 31.8 Å². The minimum absolute atomic E-state index is 0.0622. The number of fused-ring (bicyclic) bond motifs is 1. The average Bonchev–Trinajstić information content (AvgIpc) is 3.08. The van der Waals surface area contributed by atoms with Crippen LogP contribution in [0, 0.1) is 0 Å². The summed E-state index contributed by atoms with van der Waals surface area (Å²) < 4.78 is 78.4. The molecule has 0 amide bonds. The highest BCUT2D eigenvalue weighted by Gasteiger charge is 2.31. The number of halogens is 4. The Bertz CT molecular complexity index is 1770. The van der Waals surface area contributed by atoms with Crippen LogP contribution in [0.15, 0.2) is 60.9 Å². The second-order valence-corrected chi connectivity index (χ2v) is 11.9. The number of aliphatic carboxylic acids is 1. The zero-order chi connectivity index (χ0) is 35.1. The Morgan fingerprint density at radius 3 is 2.29 bits per heavy atom. The molecular weight excluding hydrogens is 646 g/mol. The maximum absolute atomic E-state index is 13.8. The van der Waals surface area contributed by atoms with E-state index >= 15 is 0 Å². The minimum Gasteiger partial charge on any atom is -0.496 e. The van der Waals surface area contributed by atoms with Gasteiger partial charge in [-0.1, -0.05) is 26.0 Å². The molecule has 1 N–H and O–H groups in total. The number of methoxy groups -OCH3 is 1. The van der Waals surface area contributed by atoms with E-state index in [9.17, 15) is 22.4 Å². The lowest BCUT2D eigenvalue weighted by molar-refractivity contribution is -0.138. The third-order valence-corrected chi connectivity index (χ3v) is 7.92. The van der Waals surface area contributed by atoms with Gasteiger partial charge >= 0.3 is 12.1 Å². The molecule has 9 nitrogen and oxygen atoms in total. The summed E-state index contributed by atoms with van der Waals surface area (Å²) in [6.07, 6.45) is -1.64. The molecule has 0 saturated heterocycles. The van der Waals surface area contributed by atoms with Gasteiger partial charge < -0.3 is 29.0 Å². The van der Waals surface area contributed by atoms with Crippen molar-refractivity contribution >= 4 is 11.9 Å². The average molecular weight is 684 g/mol. The first-order valence-electron chi connectivity index (χ1n) is 15.7. The lowest BCUT2D eigenvalue weighted by Crippen LogP contribution is -2.25. The number of carbonyl (C=O) groups is 1. The first-order chi connectivity index (χ1) is 23.4. The number of carboxylic acid groups (broad SMARTS) is 1. The molecule has 0 radical (unpaired) electrons. The predicted molar refractivity (Wildman–Crippen MR) is 174 cm³/mol. The molecule has 1 aromatic heterocycles. The quantitative estimate of drug-likeness (QED) is 0.105. The summed E-state index contributed by atoms with van der Waals surface area (Å²) >= 11 is 0. The van der Waals surface area contributed by atoms with Gasteiger partial charge in [0.15, 0.2) is 17.2 Å². The van der Waals surface area contributed by atoms with Crippen molar-refractivity contribution in [3.05, 3.63) is 88.7 Å². The first-order valence-corrected chi connectivity index (χ1v) is 15.7. The Labute approximate surface area is 281 Å². The molecule has 1 aliphatic heterocycles. The van der Waals surface area contributed by atoms with E-state index in [1.54, 1.807) is 12.0 Å². The lowest BCUT2D eigenvalue weighted by Gasteiger charge is -2.27. The van der Waals surface area contributed by atoms with E-state index in [0.29, 0.717) is 36.2 Å². The summed E-state index contributed by atoms with van der Waals surface area (Å²) in [4.78, 5) is 21.4. The summed E-state index contributed by atoms with van der Waals surface area (Å²) in [5.41, 5.74) is 2.46. The fourth-order valence-electron chi connectivity index (χ4n) is 5.49. The number of hydrogen-bond donors (Lipinski definition) is 1. The standard InChI is InChI=1S/C36H37F4N3O6/c1-22(2)25-6-7-31(46-3)30(14-25)29-16-33-32(48-9-10-49-33)15-26(29)21-43(20-24-11-23(17-37)12-27(13-24)36(38,39)40)35-41-18-28(19-42-35)47-8-4-5-34(44)45/h6-7,11-16,18-19,22H,4-5,8-10,17,20-21H2,1-3H3,(H,44,45). The molecule has 13 heteroatoms. The minimum atomic E-state index is -4.68. The van der Waals surface area contributed by atoms with Gasteiger partial charge in [-0.15, -0.1) is 0 Å². The molecule has 0 bridgehead atoms. The molecule has 5 rings (SSSR count). The van der Waals surface area contributed by atoms with E-state index in [2.05, 4.69) is 23.8 Å². The summed E-state index contributed by atoms with van der Waals surface area (Å²) in [5, 5.41) is 8.88. The van der Waals surface area contributed by atoms with Crippen molar-refractivity contribution in [3.8, 4) is 34.1 Å². The Balaban J connectivity index is 1.59. The maximum Gasteiger partial charge on any atom is 0.416 e. The van der Waals surface area contributed by atoms with Crippen molar-refractivity contribution < 1.29 is 46.4 Å². The molecule has 49 heavy (non-hydrogen) atoms. The number of alkyl halides is 4. The molecule has 1 aliphatic rings. The van der Waals surface area contributed by atoms with Crippen LogP contribution in [0.4, 0.5) is 23.5 Å². The van der Waals surface area contributed by atoms with Gasteiger partial charge in [0.2, 0.25) is 5.95 Å². The molecule has 0 spiro atoms. The van der Waals surface area contributed by atoms with Gasteiger partial charge in [-0.2, -0.15) is 13.2 Å². The van der Waals surface area contributed by atoms with Crippen LogP contribution in [0.3, 0.4) is 0 Å². The van der Waals surface area contributed by atoms with Gasteiger partial charge in [-0.05, 0) is 76.6 Å². The molecule has 0 unspecified atom stereocenters. The number of carboxylic acids is 1. The van der Waals surface area contributed by atoms with Crippen LogP contribution in [0.1, 0.15) is 60.4 Å². The van der Waals surface area contributed by atoms with Crippen LogP contribution < -0.4 is 23.8 Å². The van der Waals surface area contributed by atoms with Crippen molar-refractivity contribution in [3.63, 3.8) is 0 Å². The molecular formula is C36H37F4N3O6. The van der Waals surface area contributed by atoms with Crippen LogP contribution in [0.25, 0.3) is 11.1 Å². The Hall–Kier alpha value is -5.07. The topological polar surface area (TPSA) is 103 Å². The van der Waals surface area contributed by atoms with Gasteiger partial charge in [0.25, 0.3) is 0 Å². The van der Waals surface area contributed by atoms with E-state index in [1.165, 1.54) is 18.5 Å². The van der Waals surface area contributed by atoms with Crippen LogP contribution >= 0.6 is 0 Å². The normalized spacial score (nSPS) is 12.6.